The van der Waals surface area contributed by atoms with Crippen LogP contribution in [0.4, 0.5) is 0 Å². The second kappa shape index (κ2) is 6.99. The molecule has 16 heavy (non-hydrogen) atoms. The Balaban J connectivity index is 2.36. The minimum absolute atomic E-state index is 0.286. The second-order valence-electron chi connectivity index (χ2n) is 4.20. The first-order chi connectivity index (χ1) is 7.67. The van der Waals surface area contributed by atoms with Crippen molar-refractivity contribution in [3.05, 3.63) is 16.1 Å². The van der Waals surface area contributed by atoms with Gasteiger partial charge in [-0.2, -0.15) is 0 Å². The molecule has 1 aromatic heterocycles. The Labute approximate surface area is 102 Å². The van der Waals surface area contributed by atoms with Crippen LogP contribution in [0.5, 0.6) is 0 Å². The van der Waals surface area contributed by atoms with Crippen LogP contribution in [0, 0.1) is 12.8 Å². The van der Waals surface area contributed by atoms with Crippen molar-refractivity contribution in [1.82, 2.24) is 10.3 Å². The number of aromatic nitrogens is 1. The molecule has 0 amide bonds. The molecule has 1 rings (SSSR count). The monoisotopic (exact) mass is 242 g/mol. The van der Waals surface area contributed by atoms with Gasteiger partial charge in [-0.1, -0.05) is 13.3 Å². The molecule has 1 heterocycles. The highest BCUT2D eigenvalue weighted by Crippen LogP contribution is 2.20. The molecule has 0 fully saturated rings. The van der Waals surface area contributed by atoms with Crippen molar-refractivity contribution < 1.29 is 5.11 Å². The second-order valence-corrected chi connectivity index (χ2v) is 5.46. The van der Waals surface area contributed by atoms with Crippen molar-refractivity contribution in [2.24, 2.45) is 5.92 Å². The lowest BCUT2D eigenvalue weighted by molar-refractivity contribution is 0.249. The highest BCUT2D eigenvalue weighted by Gasteiger charge is 2.11. The van der Waals surface area contributed by atoms with E-state index in [-0.39, 0.29) is 6.61 Å². The van der Waals surface area contributed by atoms with Gasteiger partial charge in [0.25, 0.3) is 0 Å². The van der Waals surface area contributed by atoms with Crippen LogP contribution in [0.2, 0.25) is 0 Å². The molecule has 0 saturated carbocycles. The molecule has 0 bridgehead atoms. The summed E-state index contributed by atoms with van der Waals surface area (Å²) in [4.78, 5) is 5.55. The zero-order chi connectivity index (χ0) is 12.0. The third kappa shape index (κ3) is 4.20. The number of aliphatic hydroxyl groups excluding tert-OH is 1. The lowest BCUT2D eigenvalue weighted by Gasteiger charge is -2.17. The summed E-state index contributed by atoms with van der Waals surface area (Å²) in [6.07, 6.45) is 3.95. The van der Waals surface area contributed by atoms with E-state index in [1.165, 1.54) is 4.88 Å². The van der Waals surface area contributed by atoms with Crippen molar-refractivity contribution in [2.45, 2.75) is 39.7 Å². The predicted molar refractivity (Wildman–Crippen MR) is 68.8 cm³/mol. The highest BCUT2D eigenvalue weighted by atomic mass is 32.1. The van der Waals surface area contributed by atoms with Crippen LogP contribution in [-0.2, 0) is 0 Å². The minimum atomic E-state index is 0.286. The Bertz CT molecular complexity index is 301. The summed E-state index contributed by atoms with van der Waals surface area (Å²) in [6.45, 7) is 7.62. The van der Waals surface area contributed by atoms with Crippen LogP contribution in [0.25, 0.3) is 0 Å². The molecule has 4 heteroatoms. The van der Waals surface area contributed by atoms with Gasteiger partial charge in [-0.15, -0.1) is 11.3 Å². The molecule has 2 atom stereocenters. The fraction of sp³-hybridized carbons (Fsp3) is 0.750. The normalized spacial score (nSPS) is 15.0. The summed E-state index contributed by atoms with van der Waals surface area (Å²) in [7, 11) is 0. The maximum Gasteiger partial charge on any atom is 0.0897 e. The largest absolute Gasteiger partial charge is 0.396 e. The van der Waals surface area contributed by atoms with E-state index in [0.717, 1.165) is 24.4 Å². The number of hydrogen-bond acceptors (Lipinski definition) is 4. The van der Waals surface area contributed by atoms with E-state index in [2.05, 4.69) is 24.1 Å². The average molecular weight is 242 g/mol. The van der Waals surface area contributed by atoms with E-state index in [1.54, 1.807) is 11.3 Å². The van der Waals surface area contributed by atoms with Gasteiger partial charge in [0.2, 0.25) is 0 Å². The molecule has 1 aromatic rings. The Kier molecular flexibility index (Phi) is 5.95. The summed E-state index contributed by atoms with van der Waals surface area (Å²) in [5.41, 5.74) is 0. The van der Waals surface area contributed by atoms with Gasteiger partial charge in [0, 0.05) is 23.7 Å². The van der Waals surface area contributed by atoms with Crippen molar-refractivity contribution in [1.29, 1.82) is 0 Å². The molecule has 2 N–H and O–H groups in total. The number of nitrogens with one attached hydrogen (secondary N) is 1. The van der Waals surface area contributed by atoms with E-state index < -0.39 is 0 Å². The van der Waals surface area contributed by atoms with Gasteiger partial charge in [0.05, 0.1) is 5.01 Å². The molecule has 0 spiro atoms. The molecule has 3 nitrogen and oxygen atoms in total. The number of nitrogens with zero attached hydrogens (tertiary/aromatic N) is 1. The summed E-state index contributed by atoms with van der Waals surface area (Å²) >= 11 is 1.75. The Morgan fingerprint density at radius 3 is 2.81 bits per heavy atom. The first kappa shape index (κ1) is 13.6. The fourth-order valence-electron chi connectivity index (χ4n) is 1.66. The van der Waals surface area contributed by atoms with Crippen LogP contribution >= 0.6 is 11.3 Å². The van der Waals surface area contributed by atoms with Crippen LogP contribution in [0.15, 0.2) is 6.20 Å². The number of rotatable bonds is 7. The van der Waals surface area contributed by atoms with E-state index in [1.807, 2.05) is 13.1 Å². The smallest absolute Gasteiger partial charge is 0.0897 e. The maximum absolute atomic E-state index is 8.92. The van der Waals surface area contributed by atoms with Crippen molar-refractivity contribution >= 4 is 11.3 Å². The first-order valence-electron chi connectivity index (χ1n) is 5.94. The molecule has 0 radical (unpaired) electrons. The van der Waals surface area contributed by atoms with Crippen LogP contribution in [-0.4, -0.2) is 23.2 Å². The van der Waals surface area contributed by atoms with Crippen LogP contribution in [0.1, 0.15) is 42.6 Å². The lowest BCUT2D eigenvalue weighted by Crippen LogP contribution is -2.25. The molecular weight excluding hydrogens is 220 g/mol. The van der Waals surface area contributed by atoms with E-state index >= 15 is 0 Å². The third-order valence-electron chi connectivity index (χ3n) is 2.89. The quantitative estimate of drug-likeness (QED) is 0.772. The van der Waals surface area contributed by atoms with Crippen LogP contribution < -0.4 is 5.32 Å². The average Bonchev–Trinajstić information content (AvgIpc) is 2.70. The number of hydrogen-bond donors (Lipinski definition) is 2. The topological polar surface area (TPSA) is 45.1 Å². The summed E-state index contributed by atoms with van der Waals surface area (Å²) in [5, 5.41) is 13.5. The van der Waals surface area contributed by atoms with Crippen LogP contribution in [0.3, 0.4) is 0 Å². The fourth-order valence-corrected chi connectivity index (χ4v) is 2.47. The van der Waals surface area contributed by atoms with Crippen molar-refractivity contribution in [3.8, 4) is 0 Å². The summed E-state index contributed by atoms with van der Waals surface area (Å²) < 4.78 is 0. The Morgan fingerprint density at radius 2 is 2.31 bits per heavy atom. The third-order valence-corrected chi connectivity index (χ3v) is 3.99. The standard InChI is InChI=1S/C12H22N2OS/c1-4-11(5-6-15)7-13-9(2)12-8-14-10(3)16-12/h8-9,11,13,15H,4-7H2,1-3H3. The molecule has 0 aliphatic rings. The molecule has 0 saturated heterocycles. The molecule has 0 aliphatic carbocycles. The summed E-state index contributed by atoms with van der Waals surface area (Å²) in [6, 6.07) is 0.360. The molecule has 0 aliphatic heterocycles. The van der Waals surface area contributed by atoms with Crippen molar-refractivity contribution in [2.75, 3.05) is 13.2 Å². The summed E-state index contributed by atoms with van der Waals surface area (Å²) in [5.74, 6) is 0.571. The number of thiazole rings is 1. The minimum Gasteiger partial charge on any atom is -0.396 e. The van der Waals surface area contributed by atoms with Gasteiger partial charge in [0.1, 0.15) is 0 Å². The highest BCUT2D eigenvalue weighted by molar-refractivity contribution is 7.11. The van der Waals surface area contributed by atoms with Gasteiger partial charge in [-0.3, -0.25) is 0 Å². The molecule has 0 aromatic carbocycles. The van der Waals surface area contributed by atoms with Gasteiger partial charge in [0.15, 0.2) is 0 Å². The van der Waals surface area contributed by atoms with E-state index in [0.29, 0.717) is 12.0 Å². The molecule has 92 valence electrons. The molecule has 2 unspecified atom stereocenters. The van der Waals surface area contributed by atoms with Gasteiger partial charge >= 0.3 is 0 Å². The van der Waals surface area contributed by atoms with Gasteiger partial charge in [-0.25, -0.2) is 4.98 Å². The molecular formula is C12H22N2OS. The van der Waals surface area contributed by atoms with E-state index in [4.69, 9.17) is 5.11 Å². The Morgan fingerprint density at radius 1 is 1.56 bits per heavy atom. The van der Waals surface area contributed by atoms with Gasteiger partial charge < -0.3 is 10.4 Å². The van der Waals surface area contributed by atoms with E-state index in [9.17, 15) is 0 Å². The zero-order valence-electron chi connectivity index (χ0n) is 10.4. The number of aryl methyl sites for hydroxylation is 1. The maximum atomic E-state index is 8.92. The van der Waals surface area contributed by atoms with Crippen molar-refractivity contribution in [3.63, 3.8) is 0 Å². The van der Waals surface area contributed by atoms with Gasteiger partial charge in [-0.05, 0) is 32.7 Å². The SMILES string of the molecule is CCC(CCO)CNC(C)c1cnc(C)s1. The lowest BCUT2D eigenvalue weighted by atomic mass is 10.0. The zero-order valence-corrected chi connectivity index (χ0v) is 11.2. The number of aliphatic hydroxyl groups is 1. The predicted octanol–water partition coefficient (Wildman–Crippen LogP) is 2.51. The first-order valence-corrected chi connectivity index (χ1v) is 6.75. The Hall–Kier alpha value is -0.450.